The molecule has 1 heterocycles. The maximum absolute atomic E-state index is 5.95. The number of aromatic nitrogens is 2. The fourth-order valence-electron chi connectivity index (χ4n) is 1.49. The molecule has 0 fully saturated rings. The van der Waals surface area contributed by atoms with Gasteiger partial charge in [-0.1, -0.05) is 11.6 Å². The van der Waals surface area contributed by atoms with Crippen LogP contribution in [0, 0.1) is 0 Å². The van der Waals surface area contributed by atoms with Gasteiger partial charge < -0.3 is 10.3 Å². The topological polar surface area (TPSA) is 43.8 Å². The second-order valence-corrected chi connectivity index (χ2v) is 4.84. The summed E-state index contributed by atoms with van der Waals surface area (Å²) in [6, 6.07) is 5.65. The number of rotatable bonds is 2. The average molecular weight is 301 g/mol. The van der Waals surface area contributed by atoms with Gasteiger partial charge in [-0.05, 0) is 41.1 Å². The number of hydrogen-bond acceptors (Lipinski definition) is 2. The molecule has 2 rings (SSSR count). The van der Waals surface area contributed by atoms with Crippen LogP contribution in [0.15, 0.2) is 35.2 Å². The summed E-state index contributed by atoms with van der Waals surface area (Å²) >= 11 is 9.34. The quantitative estimate of drug-likeness (QED) is 0.924. The van der Waals surface area contributed by atoms with Gasteiger partial charge in [0.1, 0.15) is 0 Å². The van der Waals surface area contributed by atoms with Crippen LogP contribution in [0.3, 0.4) is 0 Å². The highest BCUT2D eigenvalue weighted by Gasteiger charge is 2.09. The van der Waals surface area contributed by atoms with Crippen molar-refractivity contribution in [3.05, 3.63) is 45.9 Å². The van der Waals surface area contributed by atoms with Crippen LogP contribution in [0.1, 0.15) is 18.7 Å². The maximum atomic E-state index is 5.95. The van der Waals surface area contributed by atoms with Crippen molar-refractivity contribution in [2.45, 2.75) is 13.0 Å². The molecule has 0 aliphatic carbocycles. The summed E-state index contributed by atoms with van der Waals surface area (Å²) in [6.45, 7) is 1.93. The maximum Gasteiger partial charge on any atom is 0.0994 e. The highest BCUT2D eigenvalue weighted by atomic mass is 79.9. The summed E-state index contributed by atoms with van der Waals surface area (Å²) < 4.78 is 2.81. The number of imidazole rings is 1. The molecular formula is C11H11BrClN3. The summed E-state index contributed by atoms with van der Waals surface area (Å²) in [5.41, 5.74) is 7.82. The van der Waals surface area contributed by atoms with Gasteiger partial charge >= 0.3 is 0 Å². The van der Waals surface area contributed by atoms with E-state index in [-0.39, 0.29) is 6.04 Å². The number of hydrogen-bond donors (Lipinski definition) is 1. The summed E-state index contributed by atoms with van der Waals surface area (Å²) in [5.74, 6) is 0. The fourth-order valence-corrected chi connectivity index (χ4v) is 1.98. The second kappa shape index (κ2) is 4.57. The second-order valence-electron chi connectivity index (χ2n) is 3.58. The molecule has 1 unspecified atom stereocenters. The van der Waals surface area contributed by atoms with Crippen LogP contribution in [0.4, 0.5) is 0 Å². The molecule has 0 bridgehead atoms. The zero-order valence-corrected chi connectivity index (χ0v) is 11.0. The minimum Gasteiger partial charge on any atom is -0.323 e. The summed E-state index contributed by atoms with van der Waals surface area (Å²) in [7, 11) is 0. The van der Waals surface area contributed by atoms with Crippen molar-refractivity contribution in [1.29, 1.82) is 0 Å². The van der Waals surface area contributed by atoms with Crippen molar-refractivity contribution in [2.75, 3.05) is 0 Å². The molecule has 1 aromatic heterocycles. The summed E-state index contributed by atoms with van der Waals surface area (Å²) in [5, 5.41) is 0.686. The molecule has 5 heteroatoms. The molecule has 2 N–H and O–H groups in total. The van der Waals surface area contributed by atoms with Crippen molar-refractivity contribution in [1.82, 2.24) is 9.55 Å². The van der Waals surface area contributed by atoms with E-state index >= 15 is 0 Å². The molecule has 0 spiro atoms. The van der Waals surface area contributed by atoms with Crippen molar-refractivity contribution >= 4 is 27.5 Å². The van der Waals surface area contributed by atoms with Crippen molar-refractivity contribution in [2.24, 2.45) is 5.73 Å². The molecule has 1 aromatic carbocycles. The van der Waals surface area contributed by atoms with E-state index in [4.69, 9.17) is 17.3 Å². The molecule has 0 aliphatic heterocycles. The average Bonchev–Trinajstić information content (AvgIpc) is 2.71. The fraction of sp³-hybridized carbons (Fsp3) is 0.182. The lowest BCUT2D eigenvalue weighted by Crippen LogP contribution is -2.10. The predicted octanol–water partition coefficient (Wildman–Crippen LogP) is 3.31. The predicted molar refractivity (Wildman–Crippen MR) is 68.9 cm³/mol. The molecule has 84 valence electrons. The van der Waals surface area contributed by atoms with Gasteiger partial charge in [0.05, 0.1) is 23.2 Å². The van der Waals surface area contributed by atoms with Crippen molar-refractivity contribution in [3.63, 3.8) is 0 Å². The third-order valence-corrected chi connectivity index (χ3v) is 3.53. The molecule has 0 saturated carbocycles. The van der Waals surface area contributed by atoms with E-state index in [2.05, 4.69) is 20.9 Å². The van der Waals surface area contributed by atoms with E-state index in [0.29, 0.717) is 5.02 Å². The van der Waals surface area contributed by atoms with E-state index in [1.165, 1.54) is 0 Å². The Labute approximate surface area is 107 Å². The van der Waals surface area contributed by atoms with Gasteiger partial charge in [0.2, 0.25) is 0 Å². The molecule has 1 atom stereocenters. The number of nitrogens with two attached hydrogens (primary N) is 1. The Kier molecular flexibility index (Phi) is 3.33. The van der Waals surface area contributed by atoms with Crippen molar-refractivity contribution in [3.8, 4) is 5.69 Å². The first-order valence-electron chi connectivity index (χ1n) is 4.83. The van der Waals surface area contributed by atoms with Crippen LogP contribution >= 0.6 is 27.5 Å². The minimum atomic E-state index is -0.0584. The lowest BCUT2D eigenvalue weighted by Gasteiger charge is -2.11. The third kappa shape index (κ3) is 2.14. The highest BCUT2D eigenvalue weighted by Crippen LogP contribution is 2.26. The number of nitrogens with zero attached hydrogens (tertiary/aromatic N) is 2. The van der Waals surface area contributed by atoms with Crippen LogP contribution in [0.5, 0.6) is 0 Å². The van der Waals surface area contributed by atoms with E-state index < -0.39 is 0 Å². The molecular weight excluding hydrogens is 289 g/mol. The zero-order valence-electron chi connectivity index (χ0n) is 8.69. The highest BCUT2D eigenvalue weighted by molar-refractivity contribution is 9.10. The molecule has 0 radical (unpaired) electrons. The molecule has 0 amide bonds. The first-order chi connectivity index (χ1) is 7.59. The molecule has 2 aromatic rings. The number of halogens is 2. The third-order valence-electron chi connectivity index (χ3n) is 2.31. The van der Waals surface area contributed by atoms with Gasteiger partial charge in [-0.3, -0.25) is 0 Å². The standard InChI is InChI=1S/C11H11BrClN3/c1-7(14)11-5-15-6-16(11)8-2-3-10(13)9(12)4-8/h2-7H,14H2,1H3. The Morgan fingerprint density at radius 2 is 2.25 bits per heavy atom. The van der Waals surface area contributed by atoms with Crippen LogP contribution in [-0.2, 0) is 0 Å². The Morgan fingerprint density at radius 3 is 2.88 bits per heavy atom. The largest absolute Gasteiger partial charge is 0.323 e. The Morgan fingerprint density at radius 1 is 1.50 bits per heavy atom. The Balaban J connectivity index is 2.50. The molecule has 16 heavy (non-hydrogen) atoms. The van der Waals surface area contributed by atoms with E-state index in [9.17, 15) is 0 Å². The number of benzene rings is 1. The first-order valence-corrected chi connectivity index (χ1v) is 6.00. The lowest BCUT2D eigenvalue weighted by atomic mass is 10.2. The van der Waals surface area contributed by atoms with Crippen LogP contribution < -0.4 is 5.73 Å². The molecule has 0 aliphatic rings. The molecule has 0 saturated heterocycles. The van der Waals surface area contributed by atoms with Gasteiger partial charge in [-0.25, -0.2) is 4.98 Å². The van der Waals surface area contributed by atoms with Gasteiger partial charge in [0, 0.05) is 16.2 Å². The monoisotopic (exact) mass is 299 g/mol. The van der Waals surface area contributed by atoms with E-state index in [0.717, 1.165) is 15.9 Å². The zero-order chi connectivity index (χ0) is 11.7. The summed E-state index contributed by atoms with van der Waals surface area (Å²) in [4.78, 5) is 4.11. The van der Waals surface area contributed by atoms with Crippen LogP contribution in [-0.4, -0.2) is 9.55 Å². The molecule has 3 nitrogen and oxygen atoms in total. The van der Waals surface area contributed by atoms with Crippen molar-refractivity contribution < 1.29 is 0 Å². The normalized spacial score (nSPS) is 12.8. The first kappa shape index (κ1) is 11.6. The van der Waals surface area contributed by atoms with Crippen LogP contribution in [0.25, 0.3) is 5.69 Å². The van der Waals surface area contributed by atoms with Gasteiger partial charge in [0.15, 0.2) is 0 Å². The van der Waals surface area contributed by atoms with E-state index in [1.54, 1.807) is 12.5 Å². The Hall–Kier alpha value is -0.840. The van der Waals surface area contributed by atoms with Crippen LogP contribution in [0.2, 0.25) is 5.02 Å². The Bertz CT molecular complexity index is 508. The smallest absolute Gasteiger partial charge is 0.0994 e. The van der Waals surface area contributed by atoms with E-state index in [1.807, 2.05) is 29.7 Å². The van der Waals surface area contributed by atoms with Gasteiger partial charge in [-0.2, -0.15) is 0 Å². The lowest BCUT2D eigenvalue weighted by molar-refractivity contribution is 0.752. The summed E-state index contributed by atoms with van der Waals surface area (Å²) in [6.07, 6.45) is 3.52. The minimum absolute atomic E-state index is 0.0584. The van der Waals surface area contributed by atoms with Gasteiger partial charge in [-0.15, -0.1) is 0 Å². The van der Waals surface area contributed by atoms with Gasteiger partial charge in [0.25, 0.3) is 0 Å². The SMILES string of the molecule is CC(N)c1cncn1-c1ccc(Cl)c(Br)c1.